The van der Waals surface area contributed by atoms with E-state index in [-0.39, 0.29) is 5.91 Å². The first kappa shape index (κ1) is 37.9. The number of benzene rings is 6. The molecule has 0 bridgehead atoms. The smallest absolute Gasteiger partial charge is 0.251 e. The van der Waals surface area contributed by atoms with E-state index >= 15 is 4.79 Å². The number of amides is 1. The van der Waals surface area contributed by atoms with Gasteiger partial charge in [0, 0.05) is 34.2 Å². The molecule has 0 atom stereocenters. The number of carbonyl (C=O) groups is 1. The predicted octanol–water partition coefficient (Wildman–Crippen LogP) is 11.4. The number of carbonyl (C=O) groups excluding carboxylic acids is 1. The summed E-state index contributed by atoms with van der Waals surface area (Å²) < 4.78 is 23.9. The number of rotatable bonds is 17. The second-order valence-corrected chi connectivity index (χ2v) is 15.9. The number of unbranched alkanes of at least 4 members (excludes halogenated alkanes) is 2. The van der Waals surface area contributed by atoms with Crippen LogP contribution in [0.1, 0.15) is 55.2 Å². The molecule has 294 valence electrons. The van der Waals surface area contributed by atoms with Crippen LogP contribution in [0.4, 0.5) is 11.4 Å². The van der Waals surface area contributed by atoms with Crippen molar-refractivity contribution in [1.29, 1.82) is 0 Å². The first-order chi connectivity index (χ1) is 28.7. The van der Waals surface area contributed by atoms with Crippen LogP contribution < -0.4 is 14.4 Å². The molecule has 0 spiro atoms. The van der Waals surface area contributed by atoms with Crippen molar-refractivity contribution >= 4 is 17.3 Å². The average molecular weight is 770 g/mol. The summed E-state index contributed by atoms with van der Waals surface area (Å²) in [5.74, 6) is 2.96. The summed E-state index contributed by atoms with van der Waals surface area (Å²) in [5.41, 5.74) is 7.22. The fourth-order valence-electron chi connectivity index (χ4n) is 8.74. The summed E-state index contributed by atoms with van der Waals surface area (Å²) in [6.07, 6.45) is 6.49. The Morgan fingerprint density at radius 2 is 1.00 bits per heavy atom. The van der Waals surface area contributed by atoms with Gasteiger partial charge >= 0.3 is 0 Å². The van der Waals surface area contributed by atoms with E-state index in [1.165, 1.54) is 12.8 Å². The lowest BCUT2D eigenvalue weighted by molar-refractivity contribution is -0.120. The van der Waals surface area contributed by atoms with Crippen molar-refractivity contribution < 1.29 is 23.7 Å². The number of anilines is 2. The third kappa shape index (κ3) is 7.55. The monoisotopic (exact) mass is 769 g/mol. The predicted molar refractivity (Wildman–Crippen MR) is 231 cm³/mol. The third-order valence-corrected chi connectivity index (χ3v) is 12.0. The Morgan fingerprint density at radius 3 is 1.48 bits per heavy atom. The summed E-state index contributed by atoms with van der Waals surface area (Å²) in [6, 6.07) is 51.8. The highest BCUT2D eigenvalue weighted by Crippen LogP contribution is 2.54. The molecule has 9 rings (SSSR count). The molecule has 2 fully saturated rings. The Hall–Kier alpha value is -5.69. The van der Waals surface area contributed by atoms with E-state index in [1.807, 2.05) is 59.5 Å². The SMILES string of the molecule is O=C1N(c2ccccc2)c2ccccc2C1(c1ccc(OCCCCC2COC2)c(-c2ccccc2)c1)c1ccc(OCCCCC2COC2)c(-c2ccccc2)c1. The van der Waals surface area contributed by atoms with Crippen LogP contribution in [0.25, 0.3) is 22.3 Å². The summed E-state index contributed by atoms with van der Waals surface area (Å²) in [6.45, 7) is 4.77. The van der Waals surface area contributed by atoms with Gasteiger partial charge in [0.25, 0.3) is 5.91 Å². The van der Waals surface area contributed by atoms with E-state index in [1.54, 1.807) is 0 Å². The molecule has 1 amide bonds. The number of fused-ring (bicyclic) bond motifs is 1. The van der Waals surface area contributed by atoms with Gasteiger partial charge in [-0.15, -0.1) is 0 Å². The number of para-hydroxylation sites is 2. The topological polar surface area (TPSA) is 57.2 Å². The van der Waals surface area contributed by atoms with Crippen molar-refractivity contribution in [2.24, 2.45) is 11.8 Å². The van der Waals surface area contributed by atoms with Crippen LogP contribution in [0.3, 0.4) is 0 Å². The minimum Gasteiger partial charge on any atom is -0.493 e. The van der Waals surface area contributed by atoms with Gasteiger partial charge in [-0.1, -0.05) is 109 Å². The van der Waals surface area contributed by atoms with E-state index in [4.69, 9.17) is 18.9 Å². The first-order valence-electron chi connectivity index (χ1n) is 21.0. The molecule has 3 aliphatic heterocycles. The minimum atomic E-state index is -1.19. The van der Waals surface area contributed by atoms with E-state index in [9.17, 15) is 0 Å². The maximum atomic E-state index is 15.9. The van der Waals surface area contributed by atoms with Crippen LogP contribution in [-0.2, 0) is 19.7 Å². The highest BCUT2D eigenvalue weighted by molar-refractivity contribution is 6.17. The van der Waals surface area contributed by atoms with Crippen LogP contribution in [-0.4, -0.2) is 45.5 Å². The quantitative estimate of drug-likeness (QED) is 0.0865. The molecule has 6 nitrogen and oxygen atoms in total. The number of nitrogens with zero attached hydrogens (tertiary/aromatic N) is 1. The van der Waals surface area contributed by atoms with Crippen LogP contribution in [0.15, 0.2) is 152 Å². The Kier molecular flexibility index (Phi) is 11.4. The number of hydrogen-bond donors (Lipinski definition) is 0. The zero-order chi connectivity index (χ0) is 39.2. The van der Waals surface area contributed by atoms with E-state index in [2.05, 4.69) is 97.1 Å². The average Bonchev–Trinajstić information content (AvgIpc) is 3.51. The van der Waals surface area contributed by atoms with Crippen molar-refractivity contribution in [2.75, 3.05) is 44.5 Å². The molecule has 6 heteroatoms. The van der Waals surface area contributed by atoms with Gasteiger partial charge in [-0.3, -0.25) is 9.69 Å². The first-order valence-corrected chi connectivity index (χ1v) is 21.0. The fraction of sp³-hybridized carbons (Fsp3) is 0.288. The molecule has 3 heterocycles. The molecule has 0 radical (unpaired) electrons. The molecular weight excluding hydrogens is 719 g/mol. The van der Waals surface area contributed by atoms with Crippen molar-refractivity contribution in [3.8, 4) is 33.8 Å². The van der Waals surface area contributed by atoms with E-state index in [0.717, 1.165) is 114 Å². The second-order valence-electron chi connectivity index (χ2n) is 15.9. The van der Waals surface area contributed by atoms with Gasteiger partial charge in [-0.2, -0.15) is 0 Å². The molecular formula is C52H51NO5. The standard InChI is InChI=1S/C52H51NO5/c54-51-52(47-24-10-11-25-48(47)53(51)44-22-8-3-9-23-44,42-26-28-49(45(32-42)40-18-4-1-5-19-40)57-30-14-12-16-38-34-55-35-38)43-27-29-50(46(33-43)41-20-6-2-7-21-41)58-31-15-13-17-39-36-56-37-39/h1-11,18-29,32-33,38-39H,12-17,30-31,34-37H2. The van der Waals surface area contributed by atoms with Gasteiger partial charge in [0.05, 0.1) is 45.3 Å². The Labute approximate surface area is 342 Å². The third-order valence-electron chi connectivity index (χ3n) is 12.0. The molecule has 0 aromatic heterocycles. The Bertz CT molecular complexity index is 2190. The van der Waals surface area contributed by atoms with Crippen LogP contribution in [0.5, 0.6) is 11.5 Å². The molecule has 6 aromatic rings. The highest BCUT2D eigenvalue weighted by Gasteiger charge is 2.54. The molecule has 0 unspecified atom stereocenters. The van der Waals surface area contributed by atoms with Crippen molar-refractivity contribution in [3.05, 3.63) is 168 Å². The Balaban J connectivity index is 1.16. The van der Waals surface area contributed by atoms with Crippen LogP contribution >= 0.6 is 0 Å². The second kappa shape index (κ2) is 17.4. The zero-order valence-corrected chi connectivity index (χ0v) is 33.1. The van der Waals surface area contributed by atoms with Gasteiger partial charge < -0.3 is 18.9 Å². The lowest BCUT2D eigenvalue weighted by atomic mass is 9.69. The van der Waals surface area contributed by atoms with E-state index in [0.29, 0.717) is 25.0 Å². The molecule has 58 heavy (non-hydrogen) atoms. The minimum absolute atomic E-state index is 0.0276. The lowest BCUT2D eigenvalue weighted by Gasteiger charge is -2.32. The molecule has 0 saturated carbocycles. The van der Waals surface area contributed by atoms with Crippen molar-refractivity contribution in [1.82, 2.24) is 0 Å². The van der Waals surface area contributed by atoms with Crippen LogP contribution in [0, 0.1) is 11.8 Å². The maximum Gasteiger partial charge on any atom is 0.251 e. The number of ether oxygens (including phenoxy) is 4. The van der Waals surface area contributed by atoms with Gasteiger partial charge in [0.15, 0.2) is 0 Å². The molecule has 2 saturated heterocycles. The van der Waals surface area contributed by atoms with Gasteiger partial charge in [0.1, 0.15) is 16.9 Å². The van der Waals surface area contributed by atoms with Crippen LogP contribution in [0.2, 0.25) is 0 Å². The molecule has 6 aromatic carbocycles. The van der Waals surface area contributed by atoms with Crippen molar-refractivity contribution in [3.63, 3.8) is 0 Å². The summed E-state index contributed by atoms with van der Waals surface area (Å²) >= 11 is 0. The highest BCUT2D eigenvalue weighted by atomic mass is 16.5. The normalized spacial score (nSPS) is 16.1. The number of hydrogen-bond acceptors (Lipinski definition) is 5. The van der Waals surface area contributed by atoms with E-state index < -0.39 is 5.41 Å². The zero-order valence-electron chi connectivity index (χ0n) is 33.1. The lowest BCUT2D eigenvalue weighted by Crippen LogP contribution is -2.40. The van der Waals surface area contributed by atoms with Gasteiger partial charge in [-0.25, -0.2) is 0 Å². The molecule has 0 N–H and O–H groups in total. The summed E-state index contributed by atoms with van der Waals surface area (Å²) in [7, 11) is 0. The van der Waals surface area contributed by atoms with Gasteiger partial charge in [-0.05, 0) is 103 Å². The maximum absolute atomic E-state index is 15.9. The molecule has 0 aliphatic carbocycles. The van der Waals surface area contributed by atoms with Crippen molar-refractivity contribution in [2.45, 2.75) is 43.9 Å². The van der Waals surface area contributed by atoms with Gasteiger partial charge in [0.2, 0.25) is 0 Å². The largest absolute Gasteiger partial charge is 0.493 e. The Morgan fingerprint density at radius 1 is 0.534 bits per heavy atom. The summed E-state index contributed by atoms with van der Waals surface area (Å²) in [5, 5.41) is 0. The summed E-state index contributed by atoms with van der Waals surface area (Å²) in [4.78, 5) is 17.8. The molecule has 3 aliphatic rings. The fourth-order valence-corrected chi connectivity index (χ4v) is 8.74.